The van der Waals surface area contributed by atoms with Crippen LogP contribution in [0.15, 0.2) is 16.7 Å². The minimum absolute atomic E-state index is 0.0253. The zero-order valence-electron chi connectivity index (χ0n) is 14.0. The maximum atomic E-state index is 11.9. The second kappa shape index (κ2) is 8.02. The molecule has 1 amide bonds. The average molecular weight is 365 g/mol. The number of hydrogen-bond donors (Lipinski definition) is 2. The van der Waals surface area contributed by atoms with Crippen LogP contribution < -0.4 is 4.90 Å². The highest BCUT2D eigenvalue weighted by molar-refractivity contribution is 7.14. The molecule has 0 aliphatic carbocycles. The van der Waals surface area contributed by atoms with E-state index in [1.54, 1.807) is 10.3 Å². The molecule has 0 radical (unpaired) electrons. The lowest BCUT2D eigenvalue weighted by molar-refractivity contribution is -0.142. The molecule has 2 N–H and O–H groups in total. The number of amides is 1. The summed E-state index contributed by atoms with van der Waals surface area (Å²) < 4.78 is 4.93. The van der Waals surface area contributed by atoms with Gasteiger partial charge in [0.25, 0.3) is 0 Å². The van der Waals surface area contributed by atoms with Gasteiger partial charge in [0.05, 0.1) is 17.7 Å². The number of allylic oxidation sites excluding steroid dienone is 1. The summed E-state index contributed by atoms with van der Waals surface area (Å²) in [5, 5.41) is 19.5. The topological polar surface area (TPSA) is 121 Å². The Morgan fingerprint density at radius 3 is 2.72 bits per heavy atom. The van der Waals surface area contributed by atoms with Gasteiger partial charge < -0.3 is 15.3 Å². The van der Waals surface area contributed by atoms with Crippen LogP contribution in [0.5, 0.6) is 0 Å². The fourth-order valence-electron chi connectivity index (χ4n) is 2.46. The molecular weight excluding hydrogens is 346 g/mol. The summed E-state index contributed by atoms with van der Waals surface area (Å²) in [5.74, 6) is -1.52. The molecule has 134 valence electrons. The third-order valence-electron chi connectivity index (χ3n) is 3.55. The number of Topliss-reactive ketones (excluding diaryl/α,β-unsaturated/α-hetero) is 1. The van der Waals surface area contributed by atoms with Crippen LogP contribution >= 0.6 is 11.3 Å². The molecule has 1 fully saturated rings. The first-order chi connectivity index (χ1) is 11.8. The van der Waals surface area contributed by atoms with Gasteiger partial charge in [0, 0.05) is 24.1 Å². The third kappa shape index (κ3) is 4.72. The van der Waals surface area contributed by atoms with Crippen LogP contribution in [0.4, 0.5) is 5.13 Å². The van der Waals surface area contributed by atoms with Crippen molar-refractivity contribution in [2.75, 3.05) is 18.1 Å². The Morgan fingerprint density at radius 1 is 1.44 bits per heavy atom. The van der Waals surface area contributed by atoms with Gasteiger partial charge in [0.1, 0.15) is 12.4 Å². The smallest absolute Gasteiger partial charge is 0.312 e. The molecule has 1 aliphatic rings. The van der Waals surface area contributed by atoms with E-state index in [9.17, 15) is 19.5 Å². The highest BCUT2D eigenvalue weighted by Gasteiger charge is 2.24. The van der Waals surface area contributed by atoms with E-state index in [-0.39, 0.29) is 23.6 Å². The Balaban J connectivity index is 1.94. The molecular formula is C16H19N3O5S. The number of esters is 1. The van der Waals surface area contributed by atoms with Gasteiger partial charge >= 0.3 is 5.97 Å². The van der Waals surface area contributed by atoms with E-state index >= 15 is 0 Å². The zero-order valence-corrected chi connectivity index (χ0v) is 14.8. The average Bonchev–Trinajstić information content (AvgIpc) is 3.13. The van der Waals surface area contributed by atoms with Gasteiger partial charge in [-0.3, -0.25) is 19.3 Å². The van der Waals surface area contributed by atoms with Gasteiger partial charge in [0.2, 0.25) is 5.91 Å². The molecule has 1 aromatic rings. The number of aliphatic hydroxyl groups is 1. The Kier molecular flexibility index (Phi) is 6.02. The van der Waals surface area contributed by atoms with Crippen molar-refractivity contribution in [1.29, 1.82) is 5.41 Å². The largest absolute Gasteiger partial charge is 0.508 e. The zero-order chi connectivity index (χ0) is 18.6. The van der Waals surface area contributed by atoms with Crippen molar-refractivity contribution < 1.29 is 24.2 Å². The summed E-state index contributed by atoms with van der Waals surface area (Å²) in [6, 6.07) is 0. The molecule has 8 nitrogen and oxygen atoms in total. The number of carbonyl (C=O) groups is 3. The second-order valence-electron chi connectivity index (χ2n) is 5.61. The predicted molar refractivity (Wildman–Crippen MR) is 92.1 cm³/mol. The normalized spacial score (nSPS) is 15.1. The van der Waals surface area contributed by atoms with Crippen LogP contribution in [-0.4, -0.2) is 46.6 Å². The molecule has 0 unspecified atom stereocenters. The number of nitrogens with one attached hydrogen (secondary N) is 1. The lowest BCUT2D eigenvalue weighted by atomic mass is 10.1. The van der Waals surface area contributed by atoms with Crippen molar-refractivity contribution in [1.82, 2.24) is 4.98 Å². The van der Waals surface area contributed by atoms with Crippen molar-refractivity contribution in [3.8, 4) is 0 Å². The summed E-state index contributed by atoms with van der Waals surface area (Å²) in [6.07, 6.45) is 1.20. The van der Waals surface area contributed by atoms with Crippen molar-refractivity contribution in [2.24, 2.45) is 0 Å². The lowest BCUT2D eigenvalue weighted by Gasteiger charge is -2.10. The van der Waals surface area contributed by atoms with E-state index in [1.807, 2.05) is 0 Å². The highest BCUT2D eigenvalue weighted by Crippen LogP contribution is 2.25. The summed E-state index contributed by atoms with van der Waals surface area (Å²) in [5.41, 5.74) is 0.222. The van der Waals surface area contributed by atoms with Gasteiger partial charge in [0.15, 0.2) is 10.9 Å². The number of hydrogen-bond acceptors (Lipinski definition) is 8. The van der Waals surface area contributed by atoms with Gasteiger partial charge in [-0.15, -0.1) is 11.3 Å². The highest BCUT2D eigenvalue weighted by atomic mass is 32.1. The Bertz CT molecular complexity index is 737. The van der Waals surface area contributed by atoms with Crippen molar-refractivity contribution in [3.05, 3.63) is 22.4 Å². The summed E-state index contributed by atoms with van der Waals surface area (Å²) in [7, 11) is 0. The maximum Gasteiger partial charge on any atom is 0.312 e. The Morgan fingerprint density at radius 2 is 2.16 bits per heavy atom. The molecule has 2 rings (SSSR count). The van der Waals surface area contributed by atoms with E-state index in [0.717, 1.165) is 6.42 Å². The summed E-state index contributed by atoms with van der Waals surface area (Å²) >= 11 is 1.28. The van der Waals surface area contributed by atoms with Gasteiger partial charge in [-0.05, 0) is 20.3 Å². The molecule has 1 aromatic heterocycles. The number of nitrogens with zero attached hydrogens (tertiary/aromatic N) is 2. The Hall–Kier alpha value is -2.55. The number of ketones is 1. The molecule has 0 atom stereocenters. The van der Waals surface area contributed by atoms with Crippen LogP contribution in [0.1, 0.15) is 32.4 Å². The Labute approximate surface area is 148 Å². The van der Waals surface area contributed by atoms with Crippen LogP contribution in [0, 0.1) is 5.41 Å². The van der Waals surface area contributed by atoms with E-state index in [4.69, 9.17) is 10.1 Å². The standard InChI is InChI=1S/C16H19N3O5S/c1-9(17)15(10(2)20)12(21)7-24-14(23)6-11-8-25-16(18-11)19-5-3-4-13(19)22/h8,17,21H,3-7H2,1-2H3/b15-12+,17-9?. The predicted octanol–water partition coefficient (Wildman–Crippen LogP) is 1.80. The molecule has 0 aromatic carbocycles. The van der Waals surface area contributed by atoms with Crippen LogP contribution in [-0.2, 0) is 25.5 Å². The first kappa shape index (κ1) is 18.8. The minimum atomic E-state index is -0.623. The molecule has 25 heavy (non-hydrogen) atoms. The number of ether oxygens (including phenoxy) is 1. The maximum absolute atomic E-state index is 11.9. The van der Waals surface area contributed by atoms with E-state index in [2.05, 4.69) is 4.98 Å². The molecule has 9 heteroatoms. The van der Waals surface area contributed by atoms with E-state index in [0.29, 0.717) is 23.8 Å². The molecule has 0 bridgehead atoms. The summed E-state index contributed by atoms with van der Waals surface area (Å²) in [4.78, 5) is 40.8. The molecule has 1 saturated heterocycles. The second-order valence-corrected chi connectivity index (χ2v) is 6.45. The first-order valence-corrected chi connectivity index (χ1v) is 8.56. The van der Waals surface area contributed by atoms with E-state index in [1.165, 1.54) is 25.2 Å². The number of thiazole rings is 1. The number of rotatable bonds is 7. The lowest BCUT2D eigenvalue weighted by Crippen LogP contribution is -2.23. The first-order valence-electron chi connectivity index (χ1n) is 7.68. The number of carbonyl (C=O) groups excluding carboxylic acids is 3. The fourth-order valence-corrected chi connectivity index (χ4v) is 3.32. The minimum Gasteiger partial charge on any atom is -0.508 e. The van der Waals surface area contributed by atoms with Crippen molar-refractivity contribution in [2.45, 2.75) is 33.1 Å². The number of anilines is 1. The SMILES string of the molecule is CC(=N)/C(C(C)=O)=C(\O)COC(=O)Cc1csc(N2CCCC2=O)n1. The molecule has 1 aliphatic heterocycles. The van der Waals surface area contributed by atoms with Crippen molar-refractivity contribution >= 4 is 39.8 Å². The fraction of sp³-hybridized carbons (Fsp3) is 0.438. The van der Waals surface area contributed by atoms with Crippen LogP contribution in [0.3, 0.4) is 0 Å². The van der Waals surface area contributed by atoms with Crippen molar-refractivity contribution in [3.63, 3.8) is 0 Å². The van der Waals surface area contributed by atoms with Crippen LogP contribution in [0.2, 0.25) is 0 Å². The number of aromatic nitrogens is 1. The monoisotopic (exact) mass is 365 g/mol. The quantitative estimate of drug-likeness (QED) is 0.329. The van der Waals surface area contributed by atoms with Gasteiger partial charge in [-0.2, -0.15) is 0 Å². The third-order valence-corrected chi connectivity index (χ3v) is 4.47. The summed E-state index contributed by atoms with van der Waals surface area (Å²) in [6.45, 7) is 2.74. The molecule has 2 heterocycles. The van der Waals surface area contributed by atoms with Gasteiger partial charge in [-0.1, -0.05) is 0 Å². The van der Waals surface area contributed by atoms with Gasteiger partial charge in [-0.25, -0.2) is 4.98 Å². The molecule has 0 spiro atoms. The van der Waals surface area contributed by atoms with E-state index < -0.39 is 24.1 Å². The molecule has 0 saturated carbocycles. The number of aliphatic hydroxyl groups excluding tert-OH is 1. The van der Waals surface area contributed by atoms with Crippen LogP contribution in [0.25, 0.3) is 0 Å².